The number of rotatable bonds is 7. The van der Waals surface area contributed by atoms with Crippen molar-refractivity contribution in [3.63, 3.8) is 0 Å². The number of hydrogen-bond donors (Lipinski definition) is 0. The summed E-state index contributed by atoms with van der Waals surface area (Å²) in [5, 5.41) is 4.99. The molecule has 9 aromatic carbocycles. The number of hydrogen-bond acceptors (Lipinski definition) is 2. The van der Waals surface area contributed by atoms with Gasteiger partial charge in [0.15, 0.2) is 0 Å². The lowest BCUT2D eigenvalue weighted by Crippen LogP contribution is -2.15. The van der Waals surface area contributed by atoms with E-state index in [0.29, 0.717) is 5.92 Å². The monoisotopic (exact) mass is 811 g/mol. The summed E-state index contributed by atoms with van der Waals surface area (Å²) in [4.78, 5) is 2.51. The molecule has 0 spiro atoms. The van der Waals surface area contributed by atoms with Crippen LogP contribution in [0.1, 0.15) is 68.6 Å². The maximum absolute atomic E-state index is 6.33. The van der Waals surface area contributed by atoms with Gasteiger partial charge in [0, 0.05) is 33.0 Å². The Hall–Kier alpha value is -7.16. The van der Waals surface area contributed by atoms with Crippen LogP contribution < -0.4 is 4.90 Å². The predicted octanol–water partition coefficient (Wildman–Crippen LogP) is 17.6. The molecule has 0 radical (unpaired) electrons. The molecule has 0 amide bonds. The Bertz CT molecular complexity index is 3360. The molecule has 2 aliphatic rings. The van der Waals surface area contributed by atoms with Gasteiger partial charge in [0.25, 0.3) is 0 Å². The zero-order valence-electron chi connectivity index (χ0n) is 35.9. The van der Waals surface area contributed by atoms with E-state index in [0.717, 1.165) is 44.6 Å². The molecular formula is C61H49NO. The Labute approximate surface area is 370 Å². The molecule has 1 heterocycles. The molecular weight excluding hydrogens is 763 g/mol. The Balaban J connectivity index is 1.06. The predicted molar refractivity (Wildman–Crippen MR) is 266 cm³/mol. The Morgan fingerprint density at radius 3 is 1.87 bits per heavy atom. The zero-order chi connectivity index (χ0) is 42.1. The first-order valence-corrected chi connectivity index (χ1v) is 22.8. The fourth-order valence-electron chi connectivity index (χ4n) is 11.2. The van der Waals surface area contributed by atoms with Gasteiger partial charge >= 0.3 is 0 Å². The zero-order valence-corrected chi connectivity index (χ0v) is 35.9. The molecule has 1 aromatic heterocycles. The third kappa shape index (κ3) is 6.15. The van der Waals surface area contributed by atoms with Crippen LogP contribution >= 0.6 is 0 Å². The second-order valence-electron chi connectivity index (χ2n) is 18.2. The average molecular weight is 812 g/mol. The highest BCUT2D eigenvalue weighted by atomic mass is 16.3. The van der Waals surface area contributed by atoms with E-state index in [2.05, 4.69) is 207 Å². The van der Waals surface area contributed by atoms with E-state index in [4.69, 9.17) is 4.42 Å². The van der Waals surface area contributed by atoms with Crippen LogP contribution in [-0.2, 0) is 5.41 Å². The van der Waals surface area contributed by atoms with Crippen molar-refractivity contribution >= 4 is 49.8 Å². The van der Waals surface area contributed by atoms with Gasteiger partial charge in [-0.2, -0.15) is 0 Å². The van der Waals surface area contributed by atoms with Crippen LogP contribution in [0.25, 0.3) is 77.2 Å². The smallest absolute Gasteiger partial charge is 0.136 e. The first-order valence-electron chi connectivity index (χ1n) is 22.8. The summed E-state index contributed by atoms with van der Waals surface area (Å²) in [6, 6.07) is 72.0. The molecule has 63 heavy (non-hydrogen) atoms. The van der Waals surface area contributed by atoms with Crippen LogP contribution in [-0.4, -0.2) is 0 Å². The summed E-state index contributed by atoms with van der Waals surface area (Å²) < 4.78 is 6.33. The van der Waals surface area contributed by atoms with E-state index in [-0.39, 0.29) is 5.41 Å². The largest absolute Gasteiger partial charge is 0.456 e. The Morgan fingerprint density at radius 2 is 1.05 bits per heavy atom. The van der Waals surface area contributed by atoms with Gasteiger partial charge < -0.3 is 9.32 Å². The van der Waals surface area contributed by atoms with Gasteiger partial charge in [-0.15, -0.1) is 0 Å². The van der Waals surface area contributed by atoms with E-state index >= 15 is 0 Å². The summed E-state index contributed by atoms with van der Waals surface area (Å²) in [5.74, 6) is 0.576. The van der Waals surface area contributed by atoms with E-state index in [9.17, 15) is 0 Å². The molecule has 2 aliphatic carbocycles. The van der Waals surface area contributed by atoms with Crippen molar-refractivity contribution < 1.29 is 4.42 Å². The lowest BCUT2D eigenvalue weighted by molar-refractivity contribution is 0.445. The first-order chi connectivity index (χ1) is 31.0. The lowest BCUT2D eigenvalue weighted by atomic mass is 9.80. The average Bonchev–Trinajstić information content (AvgIpc) is 3.84. The molecule has 0 N–H and O–H groups in total. The highest BCUT2D eigenvalue weighted by Crippen LogP contribution is 2.52. The highest BCUT2D eigenvalue weighted by Gasteiger charge is 2.35. The minimum atomic E-state index is -0.105. The van der Waals surface area contributed by atoms with Gasteiger partial charge in [-0.25, -0.2) is 0 Å². The minimum Gasteiger partial charge on any atom is -0.456 e. The summed E-state index contributed by atoms with van der Waals surface area (Å²) in [5.41, 5.74) is 19.3. The maximum Gasteiger partial charge on any atom is 0.136 e. The van der Waals surface area contributed by atoms with Gasteiger partial charge in [-0.1, -0.05) is 185 Å². The van der Waals surface area contributed by atoms with Crippen molar-refractivity contribution in [2.24, 2.45) is 0 Å². The van der Waals surface area contributed by atoms with E-state index in [1.165, 1.54) is 98.5 Å². The van der Waals surface area contributed by atoms with Crippen molar-refractivity contribution in [2.75, 3.05) is 4.90 Å². The highest BCUT2D eigenvalue weighted by molar-refractivity contribution is 6.12. The number of nitrogens with zero attached hydrogens (tertiary/aromatic N) is 1. The molecule has 2 nitrogen and oxygen atoms in total. The molecule has 304 valence electrons. The number of anilines is 3. The Morgan fingerprint density at radius 1 is 0.444 bits per heavy atom. The van der Waals surface area contributed by atoms with Crippen LogP contribution in [0.2, 0.25) is 0 Å². The van der Waals surface area contributed by atoms with Crippen molar-refractivity contribution in [2.45, 2.75) is 57.3 Å². The first kappa shape index (κ1) is 37.6. The molecule has 0 unspecified atom stereocenters. The third-order valence-corrected chi connectivity index (χ3v) is 14.3. The van der Waals surface area contributed by atoms with Crippen LogP contribution in [0, 0.1) is 0 Å². The fourth-order valence-corrected chi connectivity index (χ4v) is 11.2. The summed E-state index contributed by atoms with van der Waals surface area (Å²) in [7, 11) is 0. The van der Waals surface area contributed by atoms with Crippen molar-refractivity contribution in [3.05, 3.63) is 211 Å². The van der Waals surface area contributed by atoms with Crippen LogP contribution in [0.5, 0.6) is 0 Å². The quantitative estimate of drug-likeness (QED) is 0.159. The SMILES string of the molecule is CC1(C)c2ccccc2-c2ccc(-c3ccccc3N(c3ccc(-c4cccc5oc6ccccc6c45)cc3)c3ccccc3-c3cccc4cccc(C5CCCCC5)c34)cc21. The summed E-state index contributed by atoms with van der Waals surface area (Å²) in [6.45, 7) is 4.74. The van der Waals surface area contributed by atoms with Crippen LogP contribution in [0.15, 0.2) is 199 Å². The number of fused-ring (bicyclic) bond motifs is 7. The molecule has 10 aromatic rings. The second kappa shape index (κ2) is 15.0. The summed E-state index contributed by atoms with van der Waals surface area (Å²) >= 11 is 0. The van der Waals surface area contributed by atoms with E-state index in [1.807, 2.05) is 6.07 Å². The van der Waals surface area contributed by atoms with Gasteiger partial charge in [0.1, 0.15) is 11.2 Å². The maximum atomic E-state index is 6.33. The standard InChI is InChI=1S/C61H49NO/c1-61(2)53-28-10-6-22-48(53)49-38-35-43(39-54(49)61)45-21-7-11-29-55(45)62(44-36-33-41(34-37-44)47-26-16-32-58-60(47)52-24-9-13-31-57(52)63-58)56-30-12-8-23-50(56)51-27-15-20-42-19-14-25-46(59(42)51)40-17-4-3-5-18-40/h6-16,19-40H,3-5,17-18H2,1-2H3. The fraction of sp³-hybridized carbons (Fsp3) is 0.148. The topological polar surface area (TPSA) is 16.4 Å². The number of furan rings is 1. The summed E-state index contributed by atoms with van der Waals surface area (Å²) in [6.07, 6.45) is 6.46. The molecule has 2 heteroatoms. The van der Waals surface area contributed by atoms with E-state index < -0.39 is 0 Å². The van der Waals surface area contributed by atoms with Gasteiger partial charge in [-0.05, 0) is 122 Å². The van der Waals surface area contributed by atoms with Crippen molar-refractivity contribution in [1.29, 1.82) is 0 Å². The normalized spacial score (nSPS) is 14.6. The molecule has 0 atom stereocenters. The van der Waals surface area contributed by atoms with Crippen LogP contribution in [0.4, 0.5) is 17.1 Å². The molecule has 0 saturated heterocycles. The number of benzene rings is 9. The molecule has 1 saturated carbocycles. The van der Waals surface area contributed by atoms with Crippen LogP contribution in [0.3, 0.4) is 0 Å². The second-order valence-corrected chi connectivity index (χ2v) is 18.2. The van der Waals surface area contributed by atoms with Gasteiger partial charge in [-0.3, -0.25) is 0 Å². The van der Waals surface area contributed by atoms with Crippen molar-refractivity contribution in [3.8, 4) is 44.5 Å². The van der Waals surface area contributed by atoms with Gasteiger partial charge in [0.05, 0.1) is 11.4 Å². The molecule has 0 aliphatic heterocycles. The van der Waals surface area contributed by atoms with Crippen molar-refractivity contribution in [1.82, 2.24) is 0 Å². The third-order valence-electron chi connectivity index (χ3n) is 14.3. The van der Waals surface area contributed by atoms with E-state index in [1.54, 1.807) is 0 Å². The Kier molecular flexibility index (Phi) is 8.97. The minimum absolute atomic E-state index is 0.105. The molecule has 0 bridgehead atoms. The lowest BCUT2D eigenvalue weighted by Gasteiger charge is -2.31. The van der Waals surface area contributed by atoms with Gasteiger partial charge in [0.2, 0.25) is 0 Å². The molecule has 12 rings (SSSR count). The number of para-hydroxylation sites is 3. The molecule has 1 fully saturated rings.